The van der Waals surface area contributed by atoms with Crippen LogP contribution in [0, 0.1) is 23.7 Å². The Labute approximate surface area is 82.1 Å². The largest absolute Gasteiger partial charge is 0.343 e. The minimum absolute atomic E-state index is 0.183. The summed E-state index contributed by atoms with van der Waals surface area (Å²) in [6, 6.07) is 0. The Morgan fingerprint density at radius 1 is 1.29 bits per heavy atom. The topological polar surface area (TPSA) is 35.5 Å². The van der Waals surface area contributed by atoms with Crippen molar-refractivity contribution in [2.45, 2.75) is 18.8 Å². The van der Waals surface area contributed by atoms with Gasteiger partial charge >= 0.3 is 0 Å². The number of ether oxygens (including phenoxy) is 2. The van der Waals surface area contributed by atoms with Crippen molar-refractivity contribution in [3.05, 3.63) is 12.2 Å². The molecule has 4 aliphatic rings. The van der Waals surface area contributed by atoms with Gasteiger partial charge in [0.05, 0.1) is 12.7 Å². The van der Waals surface area contributed by atoms with Gasteiger partial charge in [-0.25, -0.2) is 0 Å². The number of hydrogen-bond donors (Lipinski definition) is 0. The molecule has 2 aliphatic carbocycles. The zero-order valence-corrected chi connectivity index (χ0v) is 7.76. The van der Waals surface area contributed by atoms with E-state index in [9.17, 15) is 4.79 Å². The molecule has 0 radical (unpaired) electrons. The Morgan fingerprint density at radius 3 is 3.07 bits per heavy atom. The molecule has 0 aromatic heterocycles. The van der Waals surface area contributed by atoms with Crippen molar-refractivity contribution >= 4 is 5.78 Å². The third kappa shape index (κ3) is 0.708. The van der Waals surface area contributed by atoms with Gasteiger partial charge in [0.15, 0.2) is 5.78 Å². The summed E-state index contributed by atoms with van der Waals surface area (Å²) in [6.07, 6.45) is 5.29. The first-order valence-corrected chi connectivity index (χ1v) is 5.34. The second-order valence-electron chi connectivity index (χ2n) is 4.79. The number of carbonyl (C=O) groups excluding carboxylic acids is 1. The molecule has 2 heterocycles. The lowest BCUT2D eigenvalue weighted by molar-refractivity contribution is -0.166. The van der Waals surface area contributed by atoms with E-state index < -0.39 is 6.29 Å². The summed E-state index contributed by atoms with van der Waals surface area (Å²) in [5.41, 5.74) is 0. The van der Waals surface area contributed by atoms with Crippen LogP contribution in [0.2, 0.25) is 0 Å². The van der Waals surface area contributed by atoms with Crippen LogP contribution in [0.1, 0.15) is 6.42 Å². The van der Waals surface area contributed by atoms with Gasteiger partial charge in [-0.15, -0.1) is 0 Å². The van der Waals surface area contributed by atoms with Gasteiger partial charge in [0.25, 0.3) is 0 Å². The number of carbonyl (C=O) groups is 1. The number of Topliss-reactive ketones (excluding diaryl/α,β-unsaturated/α-hetero) is 1. The summed E-state index contributed by atoms with van der Waals surface area (Å²) in [7, 11) is 0. The fourth-order valence-electron chi connectivity index (χ4n) is 3.70. The molecule has 0 spiro atoms. The van der Waals surface area contributed by atoms with Crippen LogP contribution < -0.4 is 0 Å². The third-order valence-corrected chi connectivity index (χ3v) is 4.22. The lowest BCUT2D eigenvalue weighted by Crippen LogP contribution is -2.45. The average molecular weight is 192 g/mol. The Kier molecular flexibility index (Phi) is 1.24. The third-order valence-electron chi connectivity index (χ3n) is 4.22. The Balaban J connectivity index is 1.81. The van der Waals surface area contributed by atoms with E-state index in [0.29, 0.717) is 24.4 Å². The monoisotopic (exact) mass is 192 g/mol. The highest BCUT2D eigenvalue weighted by molar-refractivity contribution is 5.87. The van der Waals surface area contributed by atoms with Gasteiger partial charge in [-0.2, -0.15) is 0 Å². The van der Waals surface area contributed by atoms with Gasteiger partial charge in [-0.1, -0.05) is 12.2 Å². The fraction of sp³-hybridized carbons (Fsp3) is 0.727. The van der Waals surface area contributed by atoms with Crippen molar-refractivity contribution in [3.8, 4) is 0 Å². The van der Waals surface area contributed by atoms with E-state index >= 15 is 0 Å². The number of ketones is 1. The van der Waals surface area contributed by atoms with Crippen molar-refractivity contribution < 1.29 is 14.3 Å². The van der Waals surface area contributed by atoms with Crippen LogP contribution in [0.4, 0.5) is 0 Å². The molecule has 2 saturated heterocycles. The summed E-state index contributed by atoms with van der Waals surface area (Å²) in [5, 5.41) is 0. The molecule has 1 saturated carbocycles. The van der Waals surface area contributed by atoms with E-state index in [0.717, 1.165) is 6.42 Å². The van der Waals surface area contributed by atoms with Crippen LogP contribution in [0.15, 0.2) is 12.2 Å². The van der Waals surface area contributed by atoms with Gasteiger partial charge in [0.1, 0.15) is 0 Å². The maximum Gasteiger partial charge on any atom is 0.218 e. The number of fused-ring (bicyclic) bond motifs is 8. The molecule has 74 valence electrons. The van der Waals surface area contributed by atoms with E-state index in [-0.39, 0.29) is 17.8 Å². The van der Waals surface area contributed by atoms with Crippen LogP contribution in [0.25, 0.3) is 0 Å². The van der Waals surface area contributed by atoms with E-state index in [1.165, 1.54) is 0 Å². The predicted octanol–water partition coefficient (Wildman–Crippen LogP) is 0.749. The molecule has 3 nitrogen and oxygen atoms in total. The normalized spacial score (nSPS) is 58.1. The SMILES string of the molecule is O=C1[C@H]2OC[C@@H](O2)[C@@H]2[C@H]1[C@H]1C=C[C@H]2C1. The van der Waals surface area contributed by atoms with E-state index in [4.69, 9.17) is 9.47 Å². The van der Waals surface area contributed by atoms with E-state index in [1.807, 2.05) is 0 Å². The van der Waals surface area contributed by atoms with Gasteiger partial charge in [-0.3, -0.25) is 4.79 Å². The molecular formula is C11H12O3. The van der Waals surface area contributed by atoms with Gasteiger partial charge < -0.3 is 9.47 Å². The van der Waals surface area contributed by atoms with Crippen molar-refractivity contribution in [1.29, 1.82) is 0 Å². The fourth-order valence-corrected chi connectivity index (χ4v) is 3.70. The van der Waals surface area contributed by atoms with Crippen molar-refractivity contribution in [2.24, 2.45) is 23.7 Å². The molecule has 0 aromatic carbocycles. The summed E-state index contributed by atoms with van der Waals surface area (Å²) >= 11 is 0. The zero-order chi connectivity index (χ0) is 9.28. The molecule has 3 heteroatoms. The van der Waals surface area contributed by atoms with Crippen LogP contribution >= 0.6 is 0 Å². The first-order chi connectivity index (χ1) is 6.84. The van der Waals surface area contributed by atoms with E-state index in [2.05, 4.69) is 12.2 Å². The highest BCUT2D eigenvalue weighted by atomic mass is 16.7. The molecule has 4 rings (SSSR count). The molecule has 6 atom stereocenters. The Bertz CT molecular complexity index is 335. The molecule has 0 unspecified atom stereocenters. The van der Waals surface area contributed by atoms with Crippen LogP contribution in [0.5, 0.6) is 0 Å². The molecule has 3 fully saturated rings. The summed E-state index contributed by atoms with van der Waals surface area (Å²) < 4.78 is 10.9. The van der Waals surface area contributed by atoms with Crippen LogP contribution in [-0.2, 0) is 14.3 Å². The maximum absolute atomic E-state index is 12.0. The van der Waals surface area contributed by atoms with Crippen molar-refractivity contribution in [1.82, 2.24) is 0 Å². The highest BCUT2D eigenvalue weighted by Crippen LogP contribution is 2.54. The van der Waals surface area contributed by atoms with Gasteiger partial charge in [0, 0.05) is 11.8 Å². The first-order valence-electron chi connectivity index (χ1n) is 5.34. The smallest absolute Gasteiger partial charge is 0.218 e. The van der Waals surface area contributed by atoms with Crippen LogP contribution in [-0.4, -0.2) is 24.8 Å². The first kappa shape index (κ1) is 7.60. The summed E-state index contributed by atoms with van der Waals surface area (Å²) in [4.78, 5) is 12.0. The molecule has 0 amide bonds. The number of rotatable bonds is 0. The molecule has 0 aromatic rings. The lowest BCUT2D eigenvalue weighted by atomic mass is 9.76. The second kappa shape index (κ2) is 2.28. The van der Waals surface area contributed by atoms with Crippen molar-refractivity contribution in [3.63, 3.8) is 0 Å². The molecule has 4 bridgehead atoms. The second-order valence-corrected chi connectivity index (χ2v) is 4.79. The Hall–Kier alpha value is -0.670. The summed E-state index contributed by atoms with van der Waals surface area (Å²) in [6.45, 7) is 0.620. The van der Waals surface area contributed by atoms with Crippen molar-refractivity contribution in [2.75, 3.05) is 6.61 Å². The molecular weight excluding hydrogens is 180 g/mol. The highest BCUT2D eigenvalue weighted by Gasteiger charge is 2.59. The number of hydrogen-bond acceptors (Lipinski definition) is 3. The number of allylic oxidation sites excluding steroid dienone is 2. The average Bonchev–Trinajstić information content (AvgIpc) is 2.89. The van der Waals surface area contributed by atoms with Crippen LogP contribution in [0.3, 0.4) is 0 Å². The van der Waals surface area contributed by atoms with E-state index in [1.54, 1.807) is 0 Å². The summed E-state index contributed by atoms with van der Waals surface area (Å²) in [5.74, 6) is 1.86. The predicted molar refractivity (Wildman–Crippen MR) is 47.3 cm³/mol. The zero-order valence-electron chi connectivity index (χ0n) is 7.76. The maximum atomic E-state index is 12.0. The lowest BCUT2D eigenvalue weighted by Gasteiger charge is -2.34. The standard InChI is InChI=1S/C11H12O3/c12-10-9-6-2-1-5(3-6)8(9)7-4-13-11(10)14-7/h1-2,5-9,11H,3-4H2/t5-,6-,7+,8+,9+,11-/m0/s1. The molecule has 2 aliphatic heterocycles. The Morgan fingerprint density at radius 2 is 2.14 bits per heavy atom. The van der Waals surface area contributed by atoms with Gasteiger partial charge in [-0.05, 0) is 18.3 Å². The van der Waals surface area contributed by atoms with Gasteiger partial charge in [0.2, 0.25) is 6.29 Å². The molecule has 14 heavy (non-hydrogen) atoms. The minimum Gasteiger partial charge on any atom is -0.343 e. The quantitative estimate of drug-likeness (QED) is 0.531. The molecule has 0 N–H and O–H groups in total. The minimum atomic E-state index is -0.533.